The van der Waals surface area contributed by atoms with Crippen LogP contribution >= 0.6 is 0 Å². The number of pyridine rings is 1. The molecule has 1 aliphatic rings. The van der Waals surface area contributed by atoms with Crippen LogP contribution in [-0.2, 0) is 11.3 Å². The zero-order valence-corrected chi connectivity index (χ0v) is 12.8. The van der Waals surface area contributed by atoms with Gasteiger partial charge in [0.2, 0.25) is 0 Å². The summed E-state index contributed by atoms with van der Waals surface area (Å²) in [6, 6.07) is 10.6. The second kappa shape index (κ2) is 6.41. The smallest absolute Gasteiger partial charge is 0.0726 e. The molecule has 0 radical (unpaired) electrons. The number of aromatic nitrogens is 1. The maximum absolute atomic E-state index is 5.77. The number of hydrogen-bond donors (Lipinski definition) is 1. The number of nitrogens with one attached hydrogen (secondary N) is 1. The number of nitrogens with zero attached hydrogens (tertiary/aromatic N) is 2. The third kappa shape index (κ3) is 3.17. The minimum atomic E-state index is 0.271. The molecule has 1 unspecified atom stereocenters. The number of rotatable bonds is 3. The van der Waals surface area contributed by atoms with Gasteiger partial charge >= 0.3 is 0 Å². The summed E-state index contributed by atoms with van der Waals surface area (Å²) in [6.45, 7) is 5.77. The maximum Gasteiger partial charge on any atom is 0.0726 e. The Kier molecular flexibility index (Phi) is 4.36. The van der Waals surface area contributed by atoms with E-state index in [1.165, 1.54) is 11.1 Å². The Morgan fingerprint density at radius 1 is 1.38 bits per heavy atom. The fourth-order valence-electron chi connectivity index (χ4n) is 2.96. The Morgan fingerprint density at radius 2 is 2.24 bits per heavy atom. The first-order chi connectivity index (χ1) is 10.3. The third-order valence-electron chi connectivity index (χ3n) is 3.90. The molecule has 112 valence electrons. The SMILES string of the molecule is CNCc1cc(N2CCCOC(C)C2)c2ccccc2n1. The summed E-state index contributed by atoms with van der Waals surface area (Å²) < 4.78 is 5.77. The first-order valence-electron chi connectivity index (χ1n) is 7.68. The fourth-order valence-corrected chi connectivity index (χ4v) is 2.96. The van der Waals surface area contributed by atoms with E-state index in [1.807, 2.05) is 7.05 Å². The molecular weight excluding hydrogens is 262 g/mol. The van der Waals surface area contributed by atoms with Gasteiger partial charge in [-0.15, -0.1) is 0 Å². The minimum Gasteiger partial charge on any atom is -0.377 e. The minimum absolute atomic E-state index is 0.271. The van der Waals surface area contributed by atoms with Crippen LogP contribution in [0.2, 0.25) is 0 Å². The van der Waals surface area contributed by atoms with Crippen LogP contribution in [0.5, 0.6) is 0 Å². The Morgan fingerprint density at radius 3 is 3.10 bits per heavy atom. The van der Waals surface area contributed by atoms with E-state index in [0.717, 1.165) is 43.9 Å². The Bertz CT molecular complexity index is 614. The summed E-state index contributed by atoms with van der Waals surface area (Å²) in [5.74, 6) is 0. The van der Waals surface area contributed by atoms with Gasteiger partial charge in [-0.3, -0.25) is 4.98 Å². The average molecular weight is 285 g/mol. The summed E-state index contributed by atoms with van der Waals surface area (Å²) in [5, 5.41) is 4.42. The summed E-state index contributed by atoms with van der Waals surface area (Å²) in [6.07, 6.45) is 1.34. The first kappa shape index (κ1) is 14.3. The van der Waals surface area contributed by atoms with Crippen LogP contribution in [0.4, 0.5) is 5.69 Å². The number of anilines is 1. The quantitative estimate of drug-likeness (QED) is 0.940. The van der Waals surface area contributed by atoms with Crippen molar-refractivity contribution in [2.24, 2.45) is 0 Å². The number of benzene rings is 1. The van der Waals surface area contributed by atoms with E-state index in [2.05, 4.69) is 47.5 Å². The van der Waals surface area contributed by atoms with E-state index in [4.69, 9.17) is 9.72 Å². The molecule has 2 heterocycles. The summed E-state index contributed by atoms with van der Waals surface area (Å²) in [7, 11) is 1.96. The third-order valence-corrected chi connectivity index (χ3v) is 3.90. The van der Waals surface area contributed by atoms with Crippen molar-refractivity contribution in [3.05, 3.63) is 36.0 Å². The molecule has 1 N–H and O–H groups in total. The molecule has 1 aromatic heterocycles. The van der Waals surface area contributed by atoms with Gasteiger partial charge in [0.05, 0.1) is 17.3 Å². The van der Waals surface area contributed by atoms with Crippen molar-refractivity contribution < 1.29 is 4.74 Å². The number of hydrogen-bond acceptors (Lipinski definition) is 4. The van der Waals surface area contributed by atoms with Crippen molar-refractivity contribution >= 4 is 16.6 Å². The van der Waals surface area contributed by atoms with Gasteiger partial charge in [0, 0.05) is 37.3 Å². The normalized spacial score (nSPS) is 19.7. The van der Waals surface area contributed by atoms with Gasteiger partial charge in [-0.2, -0.15) is 0 Å². The number of para-hydroxylation sites is 1. The van der Waals surface area contributed by atoms with Crippen LogP contribution in [0.3, 0.4) is 0 Å². The van der Waals surface area contributed by atoms with Gasteiger partial charge in [0.15, 0.2) is 0 Å². The lowest BCUT2D eigenvalue weighted by Crippen LogP contribution is -2.30. The molecule has 0 bridgehead atoms. The van der Waals surface area contributed by atoms with Gasteiger partial charge in [0.1, 0.15) is 0 Å². The second-order valence-electron chi connectivity index (χ2n) is 5.66. The highest BCUT2D eigenvalue weighted by Crippen LogP contribution is 2.28. The van der Waals surface area contributed by atoms with Crippen LogP contribution in [0.15, 0.2) is 30.3 Å². The highest BCUT2D eigenvalue weighted by molar-refractivity contribution is 5.92. The van der Waals surface area contributed by atoms with Crippen molar-refractivity contribution in [2.75, 3.05) is 31.6 Å². The van der Waals surface area contributed by atoms with Crippen LogP contribution in [0.25, 0.3) is 10.9 Å². The van der Waals surface area contributed by atoms with Crippen molar-refractivity contribution in [2.45, 2.75) is 26.0 Å². The molecule has 4 nitrogen and oxygen atoms in total. The molecule has 1 fully saturated rings. The largest absolute Gasteiger partial charge is 0.377 e. The average Bonchev–Trinajstić information content (AvgIpc) is 2.71. The lowest BCUT2D eigenvalue weighted by atomic mass is 10.1. The van der Waals surface area contributed by atoms with Crippen molar-refractivity contribution in [1.29, 1.82) is 0 Å². The highest BCUT2D eigenvalue weighted by Gasteiger charge is 2.18. The topological polar surface area (TPSA) is 37.4 Å². The lowest BCUT2D eigenvalue weighted by molar-refractivity contribution is 0.0821. The van der Waals surface area contributed by atoms with E-state index < -0.39 is 0 Å². The monoisotopic (exact) mass is 285 g/mol. The van der Waals surface area contributed by atoms with E-state index in [1.54, 1.807) is 0 Å². The van der Waals surface area contributed by atoms with Gasteiger partial charge in [0.25, 0.3) is 0 Å². The van der Waals surface area contributed by atoms with E-state index in [0.29, 0.717) is 0 Å². The molecule has 1 atom stereocenters. The van der Waals surface area contributed by atoms with Crippen LogP contribution in [0.1, 0.15) is 19.0 Å². The molecule has 0 aliphatic carbocycles. The molecule has 0 spiro atoms. The summed E-state index contributed by atoms with van der Waals surface area (Å²) >= 11 is 0. The molecule has 1 aliphatic heterocycles. The standard InChI is InChI=1S/C17H23N3O/c1-13-12-20(8-5-9-21-13)17-10-14(11-18-2)19-16-7-4-3-6-15(16)17/h3-4,6-7,10,13,18H,5,8-9,11-12H2,1-2H3. The van der Waals surface area contributed by atoms with Crippen LogP contribution in [-0.4, -0.2) is 37.8 Å². The van der Waals surface area contributed by atoms with E-state index >= 15 is 0 Å². The molecule has 0 amide bonds. The van der Waals surface area contributed by atoms with Crippen LogP contribution < -0.4 is 10.2 Å². The van der Waals surface area contributed by atoms with Crippen LogP contribution in [0, 0.1) is 0 Å². The lowest BCUT2D eigenvalue weighted by Gasteiger charge is -2.26. The zero-order chi connectivity index (χ0) is 14.7. The second-order valence-corrected chi connectivity index (χ2v) is 5.66. The Labute approximate surface area is 126 Å². The molecule has 3 rings (SSSR count). The maximum atomic E-state index is 5.77. The van der Waals surface area contributed by atoms with Crippen molar-refractivity contribution in [1.82, 2.24) is 10.3 Å². The van der Waals surface area contributed by atoms with E-state index in [9.17, 15) is 0 Å². The van der Waals surface area contributed by atoms with Gasteiger partial charge < -0.3 is 15.0 Å². The molecule has 2 aromatic rings. The van der Waals surface area contributed by atoms with Crippen molar-refractivity contribution in [3.63, 3.8) is 0 Å². The molecule has 0 saturated carbocycles. The summed E-state index contributed by atoms with van der Waals surface area (Å²) in [5.41, 5.74) is 3.44. The Balaban J connectivity index is 2.05. The Hall–Kier alpha value is -1.65. The molecule has 1 aromatic carbocycles. The highest BCUT2D eigenvalue weighted by atomic mass is 16.5. The molecule has 1 saturated heterocycles. The zero-order valence-electron chi connectivity index (χ0n) is 12.8. The van der Waals surface area contributed by atoms with Gasteiger partial charge in [-0.05, 0) is 32.5 Å². The van der Waals surface area contributed by atoms with Crippen molar-refractivity contribution in [3.8, 4) is 0 Å². The first-order valence-corrected chi connectivity index (χ1v) is 7.68. The predicted molar refractivity (Wildman–Crippen MR) is 86.8 cm³/mol. The van der Waals surface area contributed by atoms with Gasteiger partial charge in [-0.1, -0.05) is 18.2 Å². The predicted octanol–water partition coefficient (Wildman–Crippen LogP) is 2.57. The van der Waals surface area contributed by atoms with E-state index in [-0.39, 0.29) is 6.10 Å². The summed E-state index contributed by atoms with van der Waals surface area (Å²) in [4.78, 5) is 7.19. The van der Waals surface area contributed by atoms with Gasteiger partial charge in [-0.25, -0.2) is 0 Å². The number of fused-ring (bicyclic) bond motifs is 1. The molecular formula is C17H23N3O. The molecule has 4 heteroatoms. The molecule has 21 heavy (non-hydrogen) atoms. The number of ether oxygens (including phenoxy) is 1. The fraction of sp³-hybridized carbons (Fsp3) is 0.471.